The Kier molecular flexibility index (Phi) is 10.9. The van der Waals surface area contributed by atoms with Gasteiger partial charge in [-0.1, -0.05) is 24.3 Å². The van der Waals surface area contributed by atoms with Crippen LogP contribution in [-0.2, 0) is 38.7 Å². The molecule has 4 fully saturated rings. The van der Waals surface area contributed by atoms with Gasteiger partial charge in [-0.05, 0) is 116 Å². The molecule has 350 valence electrons. The van der Waals surface area contributed by atoms with E-state index < -0.39 is 47.0 Å². The summed E-state index contributed by atoms with van der Waals surface area (Å²) >= 11 is 0. The molecule has 6 aliphatic rings. The molecule has 3 aromatic carbocycles. The molecule has 3 saturated heterocycles. The summed E-state index contributed by atoms with van der Waals surface area (Å²) < 4.78 is 33.3. The Morgan fingerprint density at radius 2 is 1.68 bits per heavy atom. The molecule has 1 saturated carbocycles. The summed E-state index contributed by atoms with van der Waals surface area (Å²) in [5.74, 6) is -2.42. The van der Waals surface area contributed by atoms with Crippen LogP contribution in [0.15, 0.2) is 85.3 Å². The van der Waals surface area contributed by atoms with Gasteiger partial charge in [0.1, 0.15) is 23.5 Å². The normalized spacial score (nSPS) is 23.1. The second-order valence-electron chi connectivity index (χ2n) is 19.6. The number of aliphatic hydroxyl groups is 1. The lowest BCUT2D eigenvalue weighted by molar-refractivity contribution is -0.151. The van der Waals surface area contributed by atoms with Crippen molar-refractivity contribution >= 4 is 46.7 Å². The molecule has 5 aromatic rings. The Bertz CT molecular complexity index is 2850. The van der Waals surface area contributed by atoms with Gasteiger partial charge in [0.2, 0.25) is 17.7 Å². The average molecular weight is 924 g/mol. The SMILES string of the molecule is O=C1CCC(Nc2ccc(C3CCC(O)(CC(=O)N4CC5(C4)CN(c4ccc(-c6cc(F)c7c(c6)C(=O)N(C(C(=O)Nc6ccccn6)c6ncn8c6CCC8)C7)cc4)C5)CC3)c(F)c2)C(=O)N1. The number of likely N-dealkylation sites (tertiary alicyclic amines) is 1. The van der Waals surface area contributed by atoms with Gasteiger partial charge < -0.3 is 35.0 Å². The maximum Gasteiger partial charge on any atom is 0.255 e. The number of hydrogen-bond acceptors (Lipinski definition) is 10. The van der Waals surface area contributed by atoms with Crippen LogP contribution in [0.5, 0.6) is 0 Å². The number of anilines is 3. The highest BCUT2D eigenvalue weighted by Crippen LogP contribution is 2.45. The second-order valence-corrected chi connectivity index (χ2v) is 19.6. The third-order valence-corrected chi connectivity index (χ3v) is 15.0. The first-order valence-electron chi connectivity index (χ1n) is 23.5. The first-order valence-corrected chi connectivity index (χ1v) is 23.5. The van der Waals surface area contributed by atoms with E-state index in [9.17, 15) is 29.1 Å². The monoisotopic (exact) mass is 923 g/mol. The number of benzene rings is 3. The number of halogens is 2. The summed E-state index contributed by atoms with van der Waals surface area (Å²) in [6.07, 6.45) is 7.32. The van der Waals surface area contributed by atoms with Gasteiger partial charge in [0.05, 0.1) is 30.6 Å². The Balaban J connectivity index is 0.677. The number of aromatic nitrogens is 3. The molecule has 7 heterocycles. The standard InChI is InChI=1S/C51H51F2N9O6/c52-38-21-32(20-36-37(38)24-62(49(36)67)46(45-41-4-3-19-59(41)29-55-45)48(66)57-42-5-1-2-18-54-42)30-6-9-34(10-7-30)60-25-50(26-60)27-61(28-50)44(64)23-51(68)16-14-31(15-17-51)35-11-8-33(22-39(35)53)56-40-12-13-43(63)58-47(40)65/h1-2,5-11,18,20-22,29,31,40,46,56,68H,3-4,12-17,19,23-28H2,(H,54,57,66)(H,58,63,65). The number of nitrogens with one attached hydrogen (secondary N) is 3. The van der Waals surface area contributed by atoms with Crippen molar-refractivity contribution in [2.24, 2.45) is 5.41 Å². The van der Waals surface area contributed by atoms with Crippen LogP contribution in [0.4, 0.5) is 26.0 Å². The Morgan fingerprint density at radius 1 is 0.882 bits per heavy atom. The van der Waals surface area contributed by atoms with Gasteiger partial charge in [-0.3, -0.25) is 29.3 Å². The van der Waals surface area contributed by atoms with E-state index in [0.29, 0.717) is 73.5 Å². The molecule has 2 aromatic heterocycles. The van der Waals surface area contributed by atoms with Crippen LogP contribution in [0.25, 0.3) is 11.1 Å². The van der Waals surface area contributed by atoms with Crippen LogP contribution in [0.2, 0.25) is 0 Å². The maximum absolute atomic E-state index is 16.0. The van der Waals surface area contributed by atoms with Crippen molar-refractivity contribution in [3.63, 3.8) is 0 Å². The first-order chi connectivity index (χ1) is 32.8. The van der Waals surface area contributed by atoms with Crippen molar-refractivity contribution in [1.29, 1.82) is 0 Å². The first kappa shape index (κ1) is 43.6. The van der Waals surface area contributed by atoms with E-state index in [-0.39, 0.29) is 53.7 Å². The van der Waals surface area contributed by atoms with Gasteiger partial charge in [0.15, 0.2) is 6.04 Å². The molecule has 5 amide bonds. The molecule has 1 spiro atoms. The van der Waals surface area contributed by atoms with E-state index in [1.54, 1.807) is 48.9 Å². The molecular weight excluding hydrogens is 873 g/mol. The molecular formula is C51H51F2N9O6. The van der Waals surface area contributed by atoms with Gasteiger partial charge in [0.25, 0.3) is 11.8 Å². The third kappa shape index (κ3) is 8.05. The van der Waals surface area contributed by atoms with E-state index in [1.165, 1.54) is 17.0 Å². The smallest absolute Gasteiger partial charge is 0.255 e. The molecule has 11 rings (SSSR count). The highest BCUT2D eigenvalue weighted by Gasteiger charge is 2.54. The zero-order valence-electron chi connectivity index (χ0n) is 37.3. The predicted molar refractivity (Wildman–Crippen MR) is 246 cm³/mol. The van der Waals surface area contributed by atoms with Crippen molar-refractivity contribution in [3.05, 3.63) is 125 Å². The number of imide groups is 1. The van der Waals surface area contributed by atoms with Gasteiger partial charge in [-0.15, -0.1) is 0 Å². The number of fused-ring (bicyclic) bond motifs is 2. The van der Waals surface area contributed by atoms with Crippen LogP contribution in [-0.4, -0.2) is 96.8 Å². The number of carbonyl (C=O) groups excluding carboxylic acids is 5. The van der Waals surface area contributed by atoms with E-state index in [4.69, 9.17) is 0 Å². The van der Waals surface area contributed by atoms with E-state index in [2.05, 4.69) is 30.8 Å². The van der Waals surface area contributed by atoms with E-state index in [1.807, 2.05) is 33.7 Å². The molecule has 17 heteroatoms. The van der Waals surface area contributed by atoms with Crippen molar-refractivity contribution in [2.75, 3.05) is 41.7 Å². The zero-order valence-corrected chi connectivity index (χ0v) is 37.3. The summed E-state index contributed by atoms with van der Waals surface area (Å²) in [7, 11) is 0. The topological polar surface area (TPSA) is 182 Å². The Morgan fingerprint density at radius 3 is 2.41 bits per heavy atom. The van der Waals surface area contributed by atoms with Crippen LogP contribution >= 0.6 is 0 Å². The molecule has 2 unspecified atom stereocenters. The number of piperidine rings is 1. The van der Waals surface area contributed by atoms with E-state index >= 15 is 8.78 Å². The lowest BCUT2D eigenvalue weighted by Crippen LogP contribution is -2.73. The quantitative estimate of drug-likeness (QED) is 0.117. The average Bonchev–Trinajstić information content (AvgIpc) is 4.01. The maximum atomic E-state index is 16.0. The van der Waals surface area contributed by atoms with Crippen LogP contribution < -0.4 is 20.9 Å². The fourth-order valence-electron chi connectivity index (χ4n) is 11.3. The number of carbonyl (C=O) groups is 5. The molecule has 0 bridgehead atoms. The zero-order chi connectivity index (χ0) is 46.9. The van der Waals surface area contributed by atoms with Gasteiger partial charge >= 0.3 is 0 Å². The summed E-state index contributed by atoms with van der Waals surface area (Å²) in [5.41, 5.74) is 3.94. The fourth-order valence-corrected chi connectivity index (χ4v) is 11.3. The molecule has 68 heavy (non-hydrogen) atoms. The summed E-state index contributed by atoms with van der Waals surface area (Å²) in [6, 6.07) is 19.2. The van der Waals surface area contributed by atoms with Crippen molar-refractivity contribution in [2.45, 2.75) is 94.5 Å². The van der Waals surface area contributed by atoms with Crippen LogP contribution in [0, 0.1) is 17.0 Å². The predicted octanol–water partition coefficient (Wildman–Crippen LogP) is 5.85. The highest BCUT2D eigenvalue weighted by molar-refractivity contribution is 6.04. The van der Waals surface area contributed by atoms with Crippen LogP contribution in [0.3, 0.4) is 0 Å². The van der Waals surface area contributed by atoms with Gasteiger partial charge in [0, 0.05) is 79.0 Å². The third-order valence-electron chi connectivity index (χ3n) is 15.0. The van der Waals surface area contributed by atoms with Crippen molar-refractivity contribution in [1.82, 2.24) is 29.7 Å². The Labute approximate surface area is 390 Å². The van der Waals surface area contributed by atoms with Crippen LogP contribution in [0.1, 0.15) is 96.2 Å². The minimum atomic E-state index is -1.15. The molecule has 0 radical (unpaired) electrons. The number of aryl methyl sites for hydroxylation is 1. The minimum absolute atomic E-state index is 0.0241. The fraction of sp³-hybridized carbons (Fsp3) is 0.392. The number of rotatable bonds is 11. The number of imidazole rings is 1. The molecule has 15 nitrogen and oxygen atoms in total. The van der Waals surface area contributed by atoms with Crippen molar-refractivity contribution < 1.29 is 37.9 Å². The Hall–Kier alpha value is -7.01. The lowest BCUT2D eigenvalue weighted by atomic mass is 9.71. The molecule has 1 aliphatic carbocycles. The number of pyridine rings is 1. The second kappa shape index (κ2) is 16.9. The lowest BCUT2D eigenvalue weighted by Gasteiger charge is -2.61. The van der Waals surface area contributed by atoms with Gasteiger partial charge in [-0.2, -0.15) is 0 Å². The molecule has 2 atom stereocenters. The molecule has 5 aliphatic heterocycles. The summed E-state index contributed by atoms with van der Waals surface area (Å²) in [4.78, 5) is 79.4. The minimum Gasteiger partial charge on any atom is -0.389 e. The number of amides is 5. The van der Waals surface area contributed by atoms with Gasteiger partial charge in [-0.25, -0.2) is 18.7 Å². The number of hydrogen-bond donors (Lipinski definition) is 4. The van der Waals surface area contributed by atoms with Crippen molar-refractivity contribution in [3.8, 4) is 11.1 Å². The van der Waals surface area contributed by atoms with E-state index in [0.717, 1.165) is 49.4 Å². The number of nitrogens with zero attached hydrogens (tertiary/aromatic N) is 6. The largest absolute Gasteiger partial charge is 0.389 e. The summed E-state index contributed by atoms with van der Waals surface area (Å²) in [6.45, 7) is 3.44. The highest BCUT2D eigenvalue weighted by atomic mass is 19.1. The molecule has 4 N–H and O–H groups in total. The summed E-state index contributed by atoms with van der Waals surface area (Å²) in [5, 5.41) is 19.6.